The average molecular weight is 896 g/mol. The number of benzene rings is 4. The molecule has 54 heavy (non-hydrogen) atoms. The van der Waals surface area contributed by atoms with Crippen LogP contribution in [0.4, 0.5) is 0 Å². The fraction of sp³-hybridized carbons (Fsp3) is 0.333. The molecule has 0 saturated carbocycles. The predicted octanol–water partition coefficient (Wildman–Crippen LogP) is 12.7. The van der Waals surface area contributed by atoms with E-state index in [1.807, 2.05) is 29.1 Å². The van der Waals surface area contributed by atoms with Gasteiger partial charge in [0.15, 0.2) is 0 Å². The molecular weight excluding hydrogens is 844 g/mol. The zero-order chi connectivity index (χ0) is 37.3. The minimum absolute atomic E-state index is 0. The van der Waals surface area contributed by atoms with Gasteiger partial charge in [-0.3, -0.25) is 4.68 Å². The second-order valence-electron chi connectivity index (χ2n) is 16.3. The first-order valence-corrected chi connectivity index (χ1v) is 19.2. The molecule has 5 nitrogen and oxygen atoms in total. The zero-order valence-corrected chi connectivity index (χ0v) is 35.3. The summed E-state index contributed by atoms with van der Waals surface area (Å²) < 4.78 is 10.9. The molecule has 0 fully saturated rings. The molecular formula is C48H52N4OPt. The summed E-state index contributed by atoms with van der Waals surface area (Å²) in [5.74, 6) is 2.75. The summed E-state index contributed by atoms with van der Waals surface area (Å²) in [5, 5.41) is 7.36. The maximum absolute atomic E-state index is 6.70. The maximum Gasteiger partial charge on any atom is 2.00 e. The molecule has 0 aliphatic heterocycles. The Balaban J connectivity index is 0.00000497. The molecule has 7 aromatic rings. The van der Waals surface area contributed by atoms with Crippen LogP contribution in [0.2, 0.25) is 0 Å². The minimum atomic E-state index is 0. The van der Waals surface area contributed by atoms with Crippen molar-refractivity contribution in [3.05, 3.63) is 131 Å². The van der Waals surface area contributed by atoms with Gasteiger partial charge in [0.05, 0.1) is 5.69 Å². The molecule has 4 aromatic carbocycles. The Kier molecular flexibility index (Phi) is 12.0. The van der Waals surface area contributed by atoms with Crippen molar-refractivity contribution < 1.29 is 25.8 Å². The van der Waals surface area contributed by atoms with Crippen molar-refractivity contribution in [2.24, 2.45) is 11.3 Å². The molecule has 0 atom stereocenters. The standard InChI is InChI=1S/C48H52N4O.Pt/c1-32(2)17-18-37-27-39(52-35(5)47(34(4)50-52)38-15-10-9-11-16-38)30-41(28-37)53-40-20-21-42-43-29-36(14-12-13-24-48(6,7)8)19-22-44(43)51(45(42)31-40)46-26-33(3)23-25-49-46;/h9-11,15-16,19-23,25-29,32H,12-14,17-18,24H2,1-8H3;/q-2;+2. The van der Waals surface area contributed by atoms with Crippen LogP contribution in [0, 0.1) is 44.2 Å². The summed E-state index contributed by atoms with van der Waals surface area (Å²) >= 11 is 0. The fourth-order valence-electron chi connectivity index (χ4n) is 7.42. The summed E-state index contributed by atoms with van der Waals surface area (Å²) in [6.45, 7) is 17.8. The van der Waals surface area contributed by atoms with Crippen molar-refractivity contribution >= 4 is 21.8 Å². The Bertz CT molecular complexity index is 2380. The van der Waals surface area contributed by atoms with E-state index >= 15 is 0 Å². The Morgan fingerprint density at radius 2 is 1.57 bits per heavy atom. The Morgan fingerprint density at radius 1 is 0.778 bits per heavy atom. The van der Waals surface area contributed by atoms with Crippen molar-refractivity contribution in [3.8, 4) is 34.1 Å². The van der Waals surface area contributed by atoms with E-state index in [9.17, 15) is 0 Å². The molecule has 6 heteroatoms. The van der Waals surface area contributed by atoms with Crippen LogP contribution < -0.4 is 4.74 Å². The fourth-order valence-corrected chi connectivity index (χ4v) is 7.42. The molecule has 3 aromatic heterocycles. The van der Waals surface area contributed by atoms with Crippen molar-refractivity contribution in [3.63, 3.8) is 0 Å². The molecule has 0 aliphatic carbocycles. The van der Waals surface area contributed by atoms with E-state index in [1.54, 1.807) is 0 Å². The van der Waals surface area contributed by atoms with Crippen molar-refractivity contribution in [1.82, 2.24) is 19.3 Å². The van der Waals surface area contributed by atoms with Gasteiger partial charge in [0.2, 0.25) is 0 Å². The molecule has 0 amide bonds. The van der Waals surface area contributed by atoms with E-state index in [-0.39, 0.29) is 21.1 Å². The van der Waals surface area contributed by atoms with Crippen LogP contribution in [0.1, 0.15) is 88.4 Å². The number of pyridine rings is 1. The van der Waals surface area contributed by atoms with E-state index in [2.05, 4.69) is 139 Å². The smallest absolute Gasteiger partial charge is 0.509 e. The SMILES string of the molecule is Cc1ccnc(-n2c3[c-]c(Oc4[c-]c(-n5nc(C)c(-c6ccccc6)c5C)cc(CCC(C)C)c4)ccc3c3cc(CCCCC(C)(C)C)ccc32)c1.[Pt+2]. The number of hydrogen-bond donors (Lipinski definition) is 0. The molecule has 280 valence electrons. The predicted molar refractivity (Wildman–Crippen MR) is 220 cm³/mol. The number of nitrogens with zero attached hydrogens (tertiary/aromatic N) is 4. The number of rotatable bonds is 12. The van der Waals surface area contributed by atoms with Crippen molar-refractivity contribution in [1.29, 1.82) is 0 Å². The molecule has 0 saturated heterocycles. The molecule has 0 spiro atoms. The molecule has 0 bridgehead atoms. The second kappa shape index (κ2) is 16.5. The Hall–Kier alpha value is -4.47. The maximum atomic E-state index is 6.70. The van der Waals surface area contributed by atoms with Gasteiger partial charge < -0.3 is 9.30 Å². The third-order valence-electron chi connectivity index (χ3n) is 10.2. The van der Waals surface area contributed by atoms with Gasteiger partial charge in [-0.2, -0.15) is 16.7 Å². The van der Waals surface area contributed by atoms with Crippen molar-refractivity contribution in [2.45, 2.75) is 93.9 Å². The van der Waals surface area contributed by atoms with Gasteiger partial charge in [0.25, 0.3) is 0 Å². The first kappa shape index (κ1) is 39.2. The molecule has 3 heterocycles. The third kappa shape index (κ3) is 8.74. The van der Waals surface area contributed by atoms with E-state index < -0.39 is 0 Å². The quantitative estimate of drug-likeness (QED) is 0.0907. The van der Waals surface area contributed by atoms with Crippen LogP contribution in [0.25, 0.3) is 44.4 Å². The third-order valence-corrected chi connectivity index (χ3v) is 10.2. The topological polar surface area (TPSA) is 44.9 Å². The largest absolute Gasteiger partial charge is 2.00 e. The van der Waals surface area contributed by atoms with Crippen LogP contribution in [0.15, 0.2) is 91.1 Å². The average Bonchev–Trinajstić information content (AvgIpc) is 3.61. The van der Waals surface area contributed by atoms with Crippen LogP contribution in [0.3, 0.4) is 0 Å². The van der Waals surface area contributed by atoms with Gasteiger partial charge in [-0.1, -0.05) is 95.4 Å². The molecule has 0 radical (unpaired) electrons. The molecule has 0 aliphatic rings. The number of unbranched alkanes of at least 4 members (excludes halogenated alkanes) is 1. The van der Waals surface area contributed by atoms with Gasteiger partial charge >= 0.3 is 21.1 Å². The normalized spacial score (nSPS) is 11.8. The minimum Gasteiger partial charge on any atom is -0.509 e. The van der Waals surface area contributed by atoms with Gasteiger partial charge in [-0.15, -0.1) is 35.7 Å². The van der Waals surface area contributed by atoms with Gasteiger partial charge in [0.1, 0.15) is 5.82 Å². The van der Waals surface area contributed by atoms with Crippen LogP contribution >= 0.6 is 0 Å². The van der Waals surface area contributed by atoms with Gasteiger partial charge in [-0.05, 0) is 104 Å². The van der Waals surface area contributed by atoms with Crippen LogP contribution in [-0.2, 0) is 33.9 Å². The molecule has 7 rings (SSSR count). The van der Waals surface area contributed by atoms with Crippen LogP contribution in [0.5, 0.6) is 11.5 Å². The van der Waals surface area contributed by atoms with Crippen molar-refractivity contribution in [2.75, 3.05) is 0 Å². The summed E-state index contributed by atoms with van der Waals surface area (Å²) in [4.78, 5) is 4.82. The first-order valence-electron chi connectivity index (χ1n) is 19.2. The molecule has 0 N–H and O–H groups in total. The number of fused-ring (bicyclic) bond motifs is 3. The van der Waals surface area contributed by atoms with E-state index in [1.165, 1.54) is 35.8 Å². The van der Waals surface area contributed by atoms with Gasteiger partial charge in [0, 0.05) is 34.5 Å². The van der Waals surface area contributed by atoms with E-state index in [4.69, 9.17) is 14.8 Å². The van der Waals surface area contributed by atoms with Gasteiger partial charge in [-0.25, -0.2) is 4.98 Å². The number of aryl methyl sites for hydroxylation is 4. The number of ether oxygens (including phenoxy) is 1. The Morgan fingerprint density at radius 3 is 2.31 bits per heavy atom. The Labute approximate surface area is 336 Å². The second-order valence-corrected chi connectivity index (χ2v) is 16.3. The molecule has 0 unspecified atom stereocenters. The summed E-state index contributed by atoms with van der Waals surface area (Å²) in [7, 11) is 0. The number of hydrogen-bond acceptors (Lipinski definition) is 3. The van der Waals surface area contributed by atoms with E-state index in [0.29, 0.717) is 22.8 Å². The monoisotopic (exact) mass is 895 g/mol. The van der Waals surface area contributed by atoms with Crippen LogP contribution in [-0.4, -0.2) is 19.3 Å². The zero-order valence-electron chi connectivity index (χ0n) is 33.0. The summed E-state index contributed by atoms with van der Waals surface area (Å²) in [6.07, 6.45) is 8.62. The van der Waals surface area contributed by atoms with E-state index in [0.717, 1.165) is 75.3 Å². The summed E-state index contributed by atoms with van der Waals surface area (Å²) in [6, 6.07) is 37.4. The number of aromatic nitrogens is 4. The summed E-state index contributed by atoms with van der Waals surface area (Å²) in [5.41, 5.74) is 11.4. The first-order chi connectivity index (χ1) is 25.4.